The molecule has 1 aromatic heterocycles. The SMILES string of the molecule is CCOCC(C)NC(=O)c1ccco1. The first-order chi connectivity index (χ1) is 6.74. The highest BCUT2D eigenvalue weighted by Crippen LogP contribution is 1.99. The first-order valence-electron chi connectivity index (χ1n) is 4.66. The van der Waals surface area contributed by atoms with Crippen LogP contribution in [0.3, 0.4) is 0 Å². The minimum atomic E-state index is -0.206. The molecule has 0 bridgehead atoms. The van der Waals surface area contributed by atoms with Gasteiger partial charge in [0, 0.05) is 12.6 Å². The van der Waals surface area contributed by atoms with Crippen LogP contribution in [0.1, 0.15) is 24.4 Å². The molecule has 0 fully saturated rings. The first-order valence-corrected chi connectivity index (χ1v) is 4.66. The molecule has 4 nitrogen and oxygen atoms in total. The third-order valence-corrected chi connectivity index (χ3v) is 1.69. The zero-order valence-corrected chi connectivity index (χ0v) is 8.45. The molecule has 14 heavy (non-hydrogen) atoms. The maximum absolute atomic E-state index is 11.4. The van der Waals surface area contributed by atoms with E-state index in [0.717, 1.165) is 0 Å². The summed E-state index contributed by atoms with van der Waals surface area (Å²) in [5.74, 6) is 0.121. The van der Waals surface area contributed by atoms with Gasteiger partial charge in [0.15, 0.2) is 5.76 Å². The van der Waals surface area contributed by atoms with E-state index in [2.05, 4.69) is 5.32 Å². The number of carbonyl (C=O) groups excluding carboxylic acids is 1. The predicted molar refractivity (Wildman–Crippen MR) is 52.1 cm³/mol. The molecule has 1 amide bonds. The summed E-state index contributed by atoms with van der Waals surface area (Å²) in [7, 11) is 0. The largest absolute Gasteiger partial charge is 0.459 e. The zero-order valence-electron chi connectivity index (χ0n) is 8.45. The van der Waals surface area contributed by atoms with Crippen molar-refractivity contribution in [2.75, 3.05) is 13.2 Å². The van der Waals surface area contributed by atoms with E-state index >= 15 is 0 Å². The van der Waals surface area contributed by atoms with Gasteiger partial charge in [-0.05, 0) is 26.0 Å². The summed E-state index contributed by atoms with van der Waals surface area (Å²) in [5, 5.41) is 2.76. The molecule has 0 aliphatic heterocycles. The molecule has 1 N–H and O–H groups in total. The molecule has 1 heterocycles. The summed E-state index contributed by atoms with van der Waals surface area (Å²) in [6.45, 7) is 4.97. The van der Waals surface area contributed by atoms with Crippen LogP contribution in [0.5, 0.6) is 0 Å². The molecule has 0 aromatic carbocycles. The van der Waals surface area contributed by atoms with Crippen LogP contribution < -0.4 is 5.32 Å². The first kappa shape index (κ1) is 10.8. The van der Waals surface area contributed by atoms with Crippen LogP contribution in [-0.2, 0) is 4.74 Å². The quantitative estimate of drug-likeness (QED) is 0.777. The second kappa shape index (κ2) is 5.44. The number of nitrogens with one attached hydrogen (secondary N) is 1. The number of hydrogen-bond acceptors (Lipinski definition) is 3. The summed E-state index contributed by atoms with van der Waals surface area (Å²) < 4.78 is 10.1. The van der Waals surface area contributed by atoms with Crippen LogP contribution in [0.2, 0.25) is 0 Å². The molecule has 78 valence electrons. The monoisotopic (exact) mass is 197 g/mol. The lowest BCUT2D eigenvalue weighted by Crippen LogP contribution is -2.35. The third kappa shape index (κ3) is 3.22. The van der Waals surface area contributed by atoms with Gasteiger partial charge in [-0.25, -0.2) is 0 Å². The Balaban J connectivity index is 2.34. The normalized spacial score (nSPS) is 12.4. The van der Waals surface area contributed by atoms with Crippen LogP contribution in [-0.4, -0.2) is 25.2 Å². The van der Waals surface area contributed by atoms with Crippen molar-refractivity contribution >= 4 is 5.91 Å². The van der Waals surface area contributed by atoms with Crippen molar-refractivity contribution < 1.29 is 13.9 Å². The van der Waals surface area contributed by atoms with Crippen LogP contribution in [0.4, 0.5) is 0 Å². The number of ether oxygens (including phenoxy) is 1. The Morgan fingerprint density at radius 1 is 1.71 bits per heavy atom. The zero-order chi connectivity index (χ0) is 10.4. The Morgan fingerprint density at radius 3 is 3.07 bits per heavy atom. The maximum Gasteiger partial charge on any atom is 0.287 e. The number of hydrogen-bond donors (Lipinski definition) is 1. The molecule has 0 aliphatic carbocycles. The van der Waals surface area contributed by atoms with Gasteiger partial charge in [-0.15, -0.1) is 0 Å². The highest BCUT2D eigenvalue weighted by Gasteiger charge is 2.11. The number of carbonyl (C=O) groups is 1. The minimum absolute atomic E-state index is 0.00690. The summed E-state index contributed by atoms with van der Waals surface area (Å²) in [4.78, 5) is 11.4. The van der Waals surface area contributed by atoms with Crippen molar-refractivity contribution in [2.45, 2.75) is 19.9 Å². The molecule has 1 atom stereocenters. The van der Waals surface area contributed by atoms with Crippen molar-refractivity contribution in [3.05, 3.63) is 24.2 Å². The molecule has 0 radical (unpaired) electrons. The Morgan fingerprint density at radius 2 is 2.50 bits per heavy atom. The van der Waals surface area contributed by atoms with Gasteiger partial charge in [-0.2, -0.15) is 0 Å². The fourth-order valence-electron chi connectivity index (χ4n) is 1.04. The summed E-state index contributed by atoms with van der Waals surface area (Å²) >= 11 is 0. The molecule has 1 aromatic rings. The van der Waals surface area contributed by atoms with Gasteiger partial charge in [-0.3, -0.25) is 4.79 Å². The van der Waals surface area contributed by atoms with Gasteiger partial charge in [0.25, 0.3) is 5.91 Å². The summed E-state index contributed by atoms with van der Waals surface area (Å²) in [6, 6.07) is 3.30. The molecule has 0 aliphatic rings. The van der Waals surface area contributed by atoms with Gasteiger partial charge in [0.05, 0.1) is 12.9 Å². The topological polar surface area (TPSA) is 51.5 Å². The van der Waals surface area contributed by atoms with Gasteiger partial charge < -0.3 is 14.5 Å². The number of rotatable bonds is 5. The van der Waals surface area contributed by atoms with Crippen LogP contribution in [0.25, 0.3) is 0 Å². The number of amides is 1. The summed E-state index contributed by atoms with van der Waals surface area (Å²) in [5.41, 5.74) is 0. The molecule has 1 unspecified atom stereocenters. The van der Waals surface area contributed by atoms with Crippen LogP contribution in [0.15, 0.2) is 22.8 Å². The summed E-state index contributed by atoms with van der Waals surface area (Å²) in [6.07, 6.45) is 1.47. The Bertz CT molecular complexity index is 269. The standard InChI is InChI=1S/C10H15NO3/c1-3-13-7-8(2)11-10(12)9-5-4-6-14-9/h4-6,8H,3,7H2,1-2H3,(H,11,12). The van der Waals surface area contributed by atoms with E-state index in [0.29, 0.717) is 19.0 Å². The van der Waals surface area contributed by atoms with E-state index < -0.39 is 0 Å². The van der Waals surface area contributed by atoms with Crippen molar-refractivity contribution in [3.63, 3.8) is 0 Å². The smallest absolute Gasteiger partial charge is 0.287 e. The molecular weight excluding hydrogens is 182 g/mol. The Hall–Kier alpha value is -1.29. The van der Waals surface area contributed by atoms with Gasteiger partial charge >= 0.3 is 0 Å². The Kier molecular flexibility index (Phi) is 4.19. The number of furan rings is 1. The lowest BCUT2D eigenvalue weighted by Gasteiger charge is -2.12. The van der Waals surface area contributed by atoms with E-state index in [-0.39, 0.29) is 11.9 Å². The fourth-order valence-corrected chi connectivity index (χ4v) is 1.04. The van der Waals surface area contributed by atoms with E-state index in [9.17, 15) is 4.79 Å². The van der Waals surface area contributed by atoms with E-state index in [1.807, 2.05) is 13.8 Å². The third-order valence-electron chi connectivity index (χ3n) is 1.69. The second-order valence-corrected chi connectivity index (χ2v) is 3.01. The van der Waals surface area contributed by atoms with Gasteiger partial charge in [-0.1, -0.05) is 0 Å². The molecule has 1 rings (SSSR count). The fraction of sp³-hybridized carbons (Fsp3) is 0.500. The van der Waals surface area contributed by atoms with Crippen molar-refractivity contribution in [1.29, 1.82) is 0 Å². The maximum atomic E-state index is 11.4. The van der Waals surface area contributed by atoms with Crippen molar-refractivity contribution in [1.82, 2.24) is 5.32 Å². The van der Waals surface area contributed by atoms with E-state index in [1.165, 1.54) is 6.26 Å². The van der Waals surface area contributed by atoms with Gasteiger partial charge in [0.2, 0.25) is 0 Å². The molecule has 4 heteroatoms. The lowest BCUT2D eigenvalue weighted by atomic mass is 10.3. The van der Waals surface area contributed by atoms with Crippen LogP contribution in [0, 0.1) is 0 Å². The molecular formula is C10H15NO3. The minimum Gasteiger partial charge on any atom is -0.459 e. The molecule has 0 spiro atoms. The van der Waals surface area contributed by atoms with Crippen LogP contribution >= 0.6 is 0 Å². The van der Waals surface area contributed by atoms with Crippen molar-refractivity contribution in [2.24, 2.45) is 0 Å². The lowest BCUT2D eigenvalue weighted by molar-refractivity contribution is 0.0846. The highest BCUT2D eigenvalue weighted by atomic mass is 16.5. The molecule has 0 saturated carbocycles. The van der Waals surface area contributed by atoms with E-state index in [1.54, 1.807) is 12.1 Å². The van der Waals surface area contributed by atoms with Crippen molar-refractivity contribution in [3.8, 4) is 0 Å². The highest BCUT2D eigenvalue weighted by molar-refractivity contribution is 5.91. The van der Waals surface area contributed by atoms with Gasteiger partial charge in [0.1, 0.15) is 0 Å². The average molecular weight is 197 g/mol. The average Bonchev–Trinajstić information content (AvgIpc) is 2.67. The second-order valence-electron chi connectivity index (χ2n) is 3.01. The predicted octanol–water partition coefficient (Wildman–Crippen LogP) is 1.43. The molecule has 0 saturated heterocycles. The Labute approximate surface area is 83.2 Å². The van der Waals surface area contributed by atoms with E-state index in [4.69, 9.17) is 9.15 Å².